The first-order valence-corrected chi connectivity index (χ1v) is 8.69. The van der Waals surface area contributed by atoms with Crippen LogP contribution in [0.15, 0.2) is 42.9 Å². The van der Waals surface area contributed by atoms with Gasteiger partial charge in [0.1, 0.15) is 11.9 Å². The number of aromatic nitrogens is 2. The van der Waals surface area contributed by atoms with Crippen molar-refractivity contribution >= 4 is 5.91 Å². The van der Waals surface area contributed by atoms with E-state index in [1.54, 1.807) is 18.6 Å². The third-order valence-electron chi connectivity index (χ3n) is 4.19. The summed E-state index contributed by atoms with van der Waals surface area (Å²) in [5.74, 6) is 1.01. The van der Waals surface area contributed by atoms with Crippen LogP contribution in [-0.4, -0.2) is 46.5 Å². The van der Waals surface area contributed by atoms with Gasteiger partial charge in [0.2, 0.25) is 5.91 Å². The third kappa shape index (κ3) is 5.26. The average Bonchev–Trinajstić information content (AvgIpc) is 2.78. The summed E-state index contributed by atoms with van der Waals surface area (Å²) < 4.78 is 5.95. The number of carbonyl (C=O) groups excluding carboxylic acids is 1. The largest absolute Gasteiger partial charge is 0.489 e. The second kappa shape index (κ2) is 8.58. The Bertz CT molecular complexity index is 693. The molecule has 1 aromatic carbocycles. The normalized spacial score (nSPS) is 17.2. The van der Waals surface area contributed by atoms with Gasteiger partial charge in [0.05, 0.1) is 5.69 Å². The van der Waals surface area contributed by atoms with Crippen LogP contribution in [-0.2, 0) is 17.8 Å². The van der Waals surface area contributed by atoms with Gasteiger partial charge in [0.25, 0.3) is 0 Å². The molecule has 1 amide bonds. The Morgan fingerprint density at radius 1 is 1.36 bits per heavy atom. The van der Waals surface area contributed by atoms with E-state index in [4.69, 9.17) is 4.74 Å². The Labute approximate surface area is 148 Å². The topological polar surface area (TPSA) is 67.4 Å². The molecule has 0 spiro atoms. The van der Waals surface area contributed by atoms with Crippen molar-refractivity contribution in [1.82, 2.24) is 20.2 Å². The Hall–Kier alpha value is -2.47. The standard InChI is InChI=1S/C19H24N4O2/c1-15-13-23(14-16-4-2-3-5-18(16)25-15)11-7-19(24)22-8-6-17-12-20-9-10-21-17/h2-5,9-10,12,15H,6-8,11,13-14H2,1H3,(H,22,24). The van der Waals surface area contributed by atoms with Gasteiger partial charge in [-0.25, -0.2) is 0 Å². The smallest absolute Gasteiger partial charge is 0.221 e. The predicted octanol–water partition coefficient (Wildman–Crippen LogP) is 1.81. The van der Waals surface area contributed by atoms with E-state index < -0.39 is 0 Å². The van der Waals surface area contributed by atoms with Crippen molar-refractivity contribution in [2.45, 2.75) is 32.4 Å². The average molecular weight is 340 g/mol. The maximum Gasteiger partial charge on any atom is 0.221 e. The van der Waals surface area contributed by atoms with Crippen LogP contribution in [0.4, 0.5) is 0 Å². The molecule has 6 heteroatoms. The van der Waals surface area contributed by atoms with Gasteiger partial charge < -0.3 is 10.1 Å². The molecule has 1 atom stereocenters. The highest BCUT2D eigenvalue weighted by Crippen LogP contribution is 2.24. The number of ether oxygens (including phenoxy) is 1. The lowest BCUT2D eigenvalue weighted by molar-refractivity contribution is -0.121. The SMILES string of the molecule is CC1CN(CCC(=O)NCCc2cnccn2)Cc2ccccc2O1. The number of hydrogen-bond acceptors (Lipinski definition) is 5. The first-order chi connectivity index (χ1) is 12.2. The summed E-state index contributed by atoms with van der Waals surface area (Å²) in [5.41, 5.74) is 2.06. The summed E-state index contributed by atoms with van der Waals surface area (Å²) in [7, 11) is 0. The van der Waals surface area contributed by atoms with Crippen LogP contribution < -0.4 is 10.1 Å². The van der Waals surface area contributed by atoms with E-state index in [1.165, 1.54) is 5.56 Å². The fraction of sp³-hybridized carbons (Fsp3) is 0.421. The summed E-state index contributed by atoms with van der Waals surface area (Å²) in [6, 6.07) is 8.11. The Morgan fingerprint density at radius 2 is 2.24 bits per heavy atom. The highest BCUT2D eigenvalue weighted by molar-refractivity contribution is 5.76. The summed E-state index contributed by atoms with van der Waals surface area (Å²) in [4.78, 5) is 22.6. The zero-order chi connectivity index (χ0) is 17.5. The highest BCUT2D eigenvalue weighted by Gasteiger charge is 2.20. The molecule has 1 N–H and O–H groups in total. The molecule has 0 aliphatic carbocycles. The van der Waals surface area contributed by atoms with Crippen LogP contribution >= 0.6 is 0 Å². The number of rotatable bonds is 6. The maximum absolute atomic E-state index is 12.1. The number of fused-ring (bicyclic) bond motifs is 1. The fourth-order valence-electron chi connectivity index (χ4n) is 2.98. The molecule has 6 nitrogen and oxygen atoms in total. The Kier molecular flexibility index (Phi) is 5.95. The maximum atomic E-state index is 12.1. The second-order valence-electron chi connectivity index (χ2n) is 6.32. The van der Waals surface area contributed by atoms with Crippen molar-refractivity contribution in [3.05, 3.63) is 54.1 Å². The van der Waals surface area contributed by atoms with Gasteiger partial charge in [-0.15, -0.1) is 0 Å². The minimum Gasteiger partial charge on any atom is -0.489 e. The van der Waals surface area contributed by atoms with Crippen LogP contribution in [0.2, 0.25) is 0 Å². The number of carbonyl (C=O) groups is 1. The molecule has 2 heterocycles. The first-order valence-electron chi connectivity index (χ1n) is 8.69. The van der Waals surface area contributed by atoms with E-state index in [2.05, 4.69) is 33.2 Å². The van der Waals surface area contributed by atoms with Crippen molar-refractivity contribution in [3.8, 4) is 5.75 Å². The van der Waals surface area contributed by atoms with Crippen LogP contribution in [0, 0.1) is 0 Å². The van der Waals surface area contributed by atoms with Gasteiger partial charge in [0.15, 0.2) is 0 Å². The van der Waals surface area contributed by atoms with Crippen LogP contribution in [0.3, 0.4) is 0 Å². The number of hydrogen-bond donors (Lipinski definition) is 1. The molecule has 0 bridgehead atoms. The van der Waals surface area contributed by atoms with Crippen LogP contribution in [0.5, 0.6) is 5.75 Å². The summed E-state index contributed by atoms with van der Waals surface area (Å²) >= 11 is 0. The Morgan fingerprint density at radius 3 is 3.08 bits per heavy atom. The van der Waals surface area contributed by atoms with E-state index in [9.17, 15) is 4.79 Å². The Balaban J connectivity index is 1.44. The van der Waals surface area contributed by atoms with Crippen molar-refractivity contribution in [3.63, 3.8) is 0 Å². The molecule has 2 aromatic rings. The molecular weight excluding hydrogens is 316 g/mol. The molecule has 0 saturated carbocycles. The molecule has 25 heavy (non-hydrogen) atoms. The number of amides is 1. The van der Waals surface area contributed by atoms with Crippen molar-refractivity contribution in [2.24, 2.45) is 0 Å². The highest BCUT2D eigenvalue weighted by atomic mass is 16.5. The van der Waals surface area contributed by atoms with Crippen molar-refractivity contribution < 1.29 is 9.53 Å². The fourth-order valence-corrected chi connectivity index (χ4v) is 2.98. The van der Waals surface area contributed by atoms with Crippen LogP contribution in [0.1, 0.15) is 24.6 Å². The minimum atomic E-state index is 0.0648. The van der Waals surface area contributed by atoms with E-state index in [-0.39, 0.29) is 12.0 Å². The monoisotopic (exact) mass is 340 g/mol. The number of nitrogens with zero attached hydrogens (tertiary/aromatic N) is 3. The summed E-state index contributed by atoms with van der Waals surface area (Å²) in [5, 5.41) is 2.95. The molecule has 1 aromatic heterocycles. The van der Waals surface area contributed by atoms with Gasteiger partial charge >= 0.3 is 0 Å². The predicted molar refractivity (Wildman–Crippen MR) is 95.2 cm³/mol. The minimum absolute atomic E-state index is 0.0648. The lowest BCUT2D eigenvalue weighted by Crippen LogP contribution is -2.35. The van der Waals surface area contributed by atoms with Crippen LogP contribution in [0.25, 0.3) is 0 Å². The lowest BCUT2D eigenvalue weighted by Gasteiger charge is -2.21. The van der Waals surface area contributed by atoms with E-state index >= 15 is 0 Å². The summed E-state index contributed by atoms with van der Waals surface area (Å²) in [6.07, 6.45) is 6.33. The number of nitrogens with one attached hydrogen (secondary N) is 1. The zero-order valence-corrected chi connectivity index (χ0v) is 14.5. The van der Waals surface area contributed by atoms with Gasteiger partial charge in [-0.2, -0.15) is 0 Å². The number of para-hydroxylation sites is 1. The third-order valence-corrected chi connectivity index (χ3v) is 4.19. The zero-order valence-electron chi connectivity index (χ0n) is 14.5. The summed E-state index contributed by atoms with van der Waals surface area (Å²) in [6.45, 7) is 5.00. The molecule has 0 radical (unpaired) electrons. The quantitative estimate of drug-likeness (QED) is 0.869. The van der Waals surface area contributed by atoms with E-state index in [0.717, 1.165) is 31.1 Å². The number of benzene rings is 1. The van der Waals surface area contributed by atoms with Gasteiger partial charge in [0, 0.05) is 63.2 Å². The second-order valence-corrected chi connectivity index (χ2v) is 6.32. The molecule has 1 aliphatic rings. The van der Waals surface area contributed by atoms with Gasteiger partial charge in [-0.05, 0) is 13.0 Å². The van der Waals surface area contributed by atoms with Gasteiger partial charge in [-0.1, -0.05) is 18.2 Å². The molecular formula is C19H24N4O2. The van der Waals surface area contributed by atoms with Crippen molar-refractivity contribution in [2.75, 3.05) is 19.6 Å². The van der Waals surface area contributed by atoms with E-state index in [0.29, 0.717) is 19.4 Å². The van der Waals surface area contributed by atoms with E-state index in [1.807, 2.05) is 18.2 Å². The molecule has 1 aliphatic heterocycles. The van der Waals surface area contributed by atoms with Gasteiger partial charge in [-0.3, -0.25) is 19.7 Å². The molecule has 1 unspecified atom stereocenters. The molecule has 0 fully saturated rings. The lowest BCUT2D eigenvalue weighted by atomic mass is 10.2. The first kappa shape index (κ1) is 17.4. The molecule has 132 valence electrons. The molecule has 3 rings (SSSR count). The van der Waals surface area contributed by atoms with Crippen molar-refractivity contribution in [1.29, 1.82) is 0 Å². The molecule has 0 saturated heterocycles.